The summed E-state index contributed by atoms with van der Waals surface area (Å²) in [6.07, 6.45) is 11.6. The van der Waals surface area contributed by atoms with Crippen LogP contribution in [0.1, 0.15) is 90.2 Å². The van der Waals surface area contributed by atoms with Crippen LogP contribution in [0.4, 0.5) is 5.13 Å². The van der Waals surface area contributed by atoms with Crippen LogP contribution in [0.25, 0.3) is 0 Å². The van der Waals surface area contributed by atoms with E-state index in [4.69, 9.17) is 5.73 Å². The molecule has 29 heavy (non-hydrogen) atoms. The number of nitrogens with two attached hydrogens (primary N) is 1. The van der Waals surface area contributed by atoms with Gasteiger partial charge < -0.3 is 10.8 Å². The standard InChI is InChI=1S/C24H38N2OS.ClH/c1-14(21-13-28-22(25)26-21)18-6-7-19-17-5-4-15-12-16(27)8-10-23(15,2)20(17)9-11-24(18,19)3;/h13-20,27H,4-12H2,1-3H3,(H2,25,26);1H/t14?,15-,16-,17-,18+,19-,20-,23-,24+;/m0./s1. The molecule has 1 heterocycles. The van der Waals surface area contributed by atoms with Gasteiger partial charge in [-0.1, -0.05) is 20.8 Å². The van der Waals surface area contributed by atoms with E-state index in [1.54, 1.807) is 11.3 Å². The van der Waals surface area contributed by atoms with Crippen molar-refractivity contribution in [2.75, 3.05) is 5.73 Å². The summed E-state index contributed by atoms with van der Waals surface area (Å²) in [7, 11) is 0. The van der Waals surface area contributed by atoms with Crippen molar-refractivity contribution in [3.63, 3.8) is 0 Å². The van der Waals surface area contributed by atoms with Crippen LogP contribution in [0, 0.1) is 40.4 Å². The van der Waals surface area contributed by atoms with E-state index in [1.165, 1.54) is 50.6 Å². The molecule has 4 aliphatic carbocycles. The van der Waals surface area contributed by atoms with E-state index in [0.717, 1.165) is 47.6 Å². The lowest BCUT2D eigenvalue weighted by atomic mass is 9.44. The molecule has 0 aliphatic heterocycles. The van der Waals surface area contributed by atoms with Crippen molar-refractivity contribution in [1.82, 2.24) is 4.98 Å². The summed E-state index contributed by atoms with van der Waals surface area (Å²) >= 11 is 1.60. The van der Waals surface area contributed by atoms with Gasteiger partial charge in [-0.3, -0.25) is 0 Å². The minimum Gasteiger partial charge on any atom is -0.393 e. The molecule has 164 valence electrons. The SMILES string of the molecule is CC(c1csc(N)n1)[C@H]1CC[C@H]2[C@@H]3CC[C@H]4C[C@@H](O)CC[C@]4(C)[C@H]3CC[C@]12C.Cl. The fourth-order valence-electron chi connectivity index (χ4n) is 8.81. The zero-order valence-electron chi connectivity index (χ0n) is 18.3. The molecule has 5 heteroatoms. The van der Waals surface area contributed by atoms with Crippen LogP contribution in [-0.4, -0.2) is 16.2 Å². The maximum Gasteiger partial charge on any atom is 0.180 e. The quantitative estimate of drug-likeness (QED) is 0.571. The molecule has 1 unspecified atom stereocenters. The topological polar surface area (TPSA) is 59.1 Å². The first-order chi connectivity index (χ1) is 13.3. The van der Waals surface area contributed by atoms with E-state index in [2.05, 4.69) is 31.1 Å². The highest BCUT2D eigenvalue weighted by Gasteiger charge is 2.60. The van der Waals surface area contributed by atoms with Gasteiger partial charge in [-0.05, 0) is 98.2 Å². The number of aromatic nitrogens is 1. The first kappa shape index (κ1) is 21.9. The van der Waals surface area contributed by atoms with Crippen LogP contribution in [0.2, 0.25) is 0 Å². The number of rotatable bonds is 2. The number of aliphatic hydroxyl groups excluding tert-OH is 1. The van der Waals surface area contributed by atoms with Crippen molar-refractivity contribution >= 4 is 28.9 Å². The van der Waals surface area contributed by atoms with Crippen LogP contribution in [0.5, 0.6) is 0 Å². The second-order valence-corrected chi connectivity index (χ2v) is 12.1. The molecule has 3 nitrogen and oxygen atoms in total. The summed E-state index contributed by atoms with van der Waals surface area (Å²) < 4.78 is 0. The monoisotopic (exact) mass is 438 g/mol. The number of anilines is 1. The number of nitrogen functional groups attached to an aromatic ring is 1. The predicted molar refractivity (Wildman–Crippen MR) is 123 cm³/mol. The Kier molecular flexibility index (Phi) is 5.79. The smallest absolute Gasteiger partial charge is 0.180 e. The van der Waals surface area contributed by atoms with Gasteiger partial charge in [0.1, 0.15) is 0 Å². The van der Waals surface area contributed by atoms with Gasteiger partial charge in [0.05, 0.1) is 11.8 Å². The molecule has 4 saturated carbocycles. The normalized spacial score (nSPS) is 47.4. The maximum absolute atomic E-state index is 10.2. The highest BCUT2D eigenvalue weighted by Crippen LogP contribution is 2.68. The fraction of sp³-hybridized carbons (Fsp3) is 0.875. The third kappa shape index (κ3) is 3.27. The average molecular weight is 439 g/mol. The molecule has 0 radical (unpaired) electrons. The summed E-state index contributed by atoms with van der Waals surface area (Å²) in [5.41, 5.74) is 8.12. The maximum atomic E-state index is 10.2. The minimum absolute atomic E-state index is 0. The number of aliphatic hydroxyl groups is 1. The van der Waals surface area contributed by atoms with E-state index < -0.39 is 0 Å². The van der Waals surface area contributed by atoms with E-state index >= 15 is 0 Å². The first-order valence-electron chi connectivity index (χ1n) is 11.7. The van der Waals surface area contributed by atoms with E-state index in [1.807, 2.05) is 0 Å². The average Bonchev–Trinajstić information content (AvgIpc) is 3.25. The van der Waals surface area contributed by atoms with Crippen molar-refractivity contribution in [1.29, 1.82) is 0 Å². The third-order valence-electron chi connectivity index (χ3n) is 10.3. The van der Waals surface area contributed by atoms with Crippen molar-refractivity contribution in [3.05, 3.63) is 11.1 Å². The highest BCUT2D eigenvalue weighted by molar-refractivity contribution is 7.13. The fourth-order valence-corrected chi connectivity index (χ4v) is 9.48. The molecule has 0 saturated heterocycles. The Balaban J connectivity index is 0.00000205. The number of fused-ring (bicyclic) bond motifs is 5. The summed E-state index contributed by atoms with van der Waals surface area (Å²) in [5.74, 6) is 4.72. The Morgan fingerprint density at radius 3 is 2.52 bits per heavy atom. The molecular weight excluding hydrogens is 400 g/mol. The second-order valence-electron chi connectivity index (χ2n) is 11.2. The Morgan fingerprint density at radius 2 is 1.79 bits per heavy atom. The van der Waals surface area contributed by atoms with Gasteiger partial charge in [0, 0.05) is 11.3 Å². The van der Waals surface area contributed by atoms with Crippen molar-refractivity contribution in [3.8, 4) is 0 Å². The Morgan fingerprint density at radius 1 is 1.07 bits per heavy atom. The number of halogens is 1. The lowest BCUT2D eigenvalue weighted by Gasteiger charge is -2.61. The van der Waals surface area contributed by atoms with Gasteiger partial charge in [0.15, 0.2) is 5.13 Å². The molecule has 9 atom stereocenters. The summed E-state index contributed by atoms with van der Waals surface area (Å²) in [6, 6.07) is 0. The van der Waals surface area contributed by atoms with Gasteiger partial charge >= 0.3 is 0 Å². The second kappa shape index (κ2) is 7.67. The third-order valence-corrected chi connectivity index (χ3v) is 11.0. The van der Waals surface area contributed by atoms with Crippen molar-refractivity contribution < 1.29 is 5.11 Å². The molecule has 0 aromatic carbocycles. The van der Waals surface area contributed by atoms with E-state index in [-0.39, 0.29) is 18.5 Å². The number of nitrogens with zero attached hydrogens (tertiary/aromatic N) is 1. The van der Waals surface area contributed by atoms with Crippen LogP contribution in [-0.2, 0) is 0 Å². The molecule has 3 N–H and O–H groups in total. The number of thiazole rings is 1. The van der Waals surface area contributed by atoms with Crippen molar-refractivity contribution in [2.45, 2.75) is 90.6 Å². The molecule has 0 bridgehead atoms. The number of hydrogen-bond donors (Lipinski definition) is 2. The van der Waals surface area contributed by atoms with Gasteiger partial charge in [-0.2, -0.15) is 0 Å². The molecule has 1 aromatic rings. The van der Waals surface area contributed by atoms with Crippen LogP contribution in [0.3, 0.4) is 0 Å². The first-order valence-corrected chi connectivity index (χ1v) is 12.6. The summed E-state index contributed by atoms with van der Waals surface area (Å²) in [6.45, 7) is 7.62. The lowest BCUT2D eigenvalue weighted by Crippen LogP contribution is -2.54. The van der Waals surface area contributed by atoms with Gasteiger partial charge in [0.25, 0.3) is 0 Å². The Bertz CT molecular complexity index is 740. The Hall–Kier alpha value is -0.320. The molecular formula is C24H39ClN2OS. The molecule has 0 spiro atoms. The van der Waals surface area contributed by atoms with Gasteiger partial charge in [-0.25, -0.2) is 4.98 Å². The van der Waals surface area contributed by atoms with Gasteiger partial charge in [-0.15, -0.1) is 23.7 Å². The van der Waals surface area contributed by atoms with E-state index in [9.17, 15) is 5.11 Å². The predicted octanol–water partition coefficient (Wildman–Crippen LogP) is 6.27. The number of hydrogen-bond acceptors (Lipinski definition) is 4. The molecule has 1 aromatic heterocycles. The molecule has 4 fully saturated rings. The zero-order valence-corrected chi connectivity index (χ0v) is 19.9. The van der Waals surface area contributed by atoms with E-state index in [0.29, 0.717) is 16.7 Å². The van der Waals surface area contributed by atoms with Crippen LogP contribution < -0.4 is 5.73 Å². The highest BCUT2D eigenvalue weighted by atomic mass is 35.5. The minimum atomic E-state index is -0.0364. The molecule has 5 rings (SSSR count). The summed E-state index contributed by atoms with van der Waals surface area (Å²) in [4.78, 5) is 4.65. The Labute approximate surface area is 186 Å². The van der Waals surface area contributed by atoms with Crippen LogP contribution >= 0.6 is 23.7 Å². The molecule has 4 aliphatic rings. The van der Waals surface area contributed by atoms with Gasteiger partial charge in [0.2, 0.25) is 0 Å². The van der Waals surface area contributed by atoms with Crippen molar-refractivity contribution in [2.24, 2.45) is 40.4 Å². The summed E-state index contributed by atoms with van der Waals surface area (Å²) in [5, 5.41) is 13.2. The lowest BCUT2D eigenvalue weighted by molar-refractivity contribution is -0.127. The van der Waals surface area contributed by atoms with Crippen LogP contribution in [0.15, 0.2) is 5.38 Å². The molecule has 0 amide bonds. The largest absolute Gasteiger partial charge is 0.393 e. The zero-order chi connectivity index (χ0) is 19.7.